The van der Waals surface area contributed by atoms with Crippen LogP contribution in [-0.2, 0) is 10.0 Å². The van der Waals surface area contributed by atoms with Crippen LogP contribution in [0.2, 0.25) is 0 Å². The van der Waals surface area contributed by atoms with Crippen LogP contribution in [0.3, 0.4) is 0 Å². The van der Waals surface area contributed by atoms with Crippen molar-refractivity contribution in [2.75, 3.05) is 10.2 Å². The van der Waals surface area contributed by atoms with Crippen LogP contribution in [0.15, 0.2) is 53.4 Å². The standard InChI is InChI=1S/C19H21N3O3S/c20-26(24,25)15-10-8-14(9-11-15)22-18(23)16-6-2-3-7-17(16)21-19(22)12-4-1-5-13-19/h2-3,6-11,21H,1,4-5,12-13H2,(H2,20,24,25). The number of hydrogen-bond acceptors (Lipinski definition) is 4. The number of primary sulfonamides is 1. The molecule has 1 saturated carbocycles. The fraction of sp³-hybridized carbons (Fsp3) is 0.316. The van der Waals surface area contributed by atoms with E-state index in [1.54, 1.807) is 17.0 Å². The highest BCUT2D eigenvalue weighted by molar-refractivity contribution is 7.89. The number of nitrogens with two attached hydrogens (primary N) is 1. The second-order valence-electron chi connectivity index (χ2n) is 6.94. The molecule has 0 unspecified atom stereocenters. The van der Waals surface area contributed by atoms with Crippen LogP contribution in [0, 0.1) is 0 Å². The molecule has 3 N–H and O–H groups in total. The molecule has 2 aliphatic rings. The Kier molecular flexibility index (Phi) is 4.00. The third kappa shape index (κ3) is 2.77. The van der Waals surface area contributed by atoms with Crippen LogP contribution < -0.4 is 15.4 Å². The smallest absolute Gasteiger partial charge is 0.262 e. The molecule has 1 aliphatic heterocycles. The van der Waals surface area contributed by atoms with E-state index in [9.17, 15) is 13.2 Å². The maximum atomic E-state index is 13.3. The maximum Gasteiger partial charge on any atom is 0.262 e. The molecule has 0 aromatic heterocycles. The highest BCUT2D eigenvalue weighted by Crippen LogP contribution is 2.42. The number of amides is 1. The molecule has 0 bridgehead atoms. The van der Waals surface area contributed by atoms with E-state index in [-0.39, 0.29) is 10.8 Å². The number of carbonyl (C=O) groups is 1. The van der Waals surface area contributed by atoms with Gasteiger partial charge in [-0.15, -0.1) is 0 Å². The monoisotopic (exact) mass is 371 g/mol. The summed E-state index contributed by atoms with van der Waals surface area (Å²) < 4.78 is 23.1. The first-order valence-corrected chi connectivity index (χ1v) is 10.3. The lowest BCUT2D eigenvalue weighted by Crippen LogP contribution is -2.61. The van der Waals surface area contributed by atoms with Gasteiger partial charge in [0, 0.05) is 11.4 Å². The average Bonchev–Trinajstić information content (AvgIpc) is 2.62. The van der Waals surface area contributed by atoms with Gasteiger partial charge >= 0.3 is 0 Å². The van der Waals surface area contributed by atoms with Crippen molar-refractivity contribution in [1.82, 2.24) is 0 Å². The van der Waals surface area contributed by atoms with Crippen LogP contribution in [0.5, 0.6) is 0 Å². The van der Waals surface area contributed by atoms with Crippen LogP contribution in [0.4, 0.5) is 11.4 Å². The van der Waals surface area contributed by atoms with Crippen molar-refractivity contribution in [2.24, 2.45) is 5.14 Å². The summed E-state index contributed by atoms with van der Waals surface area (Å²) >= 11 is 0. The van der Waals surface area contributed by atoms with Gasteiger partial charge in [-0.25, -0.2) is 13.6 Å². The summed E-state index contributed by atoms with van der Waals surface area (Å²) in [6, 6.07) is 13.7. The minimum absolute atomic E-state index is 0.0387. The summed E-state index contributed by atoms with van der Waals surface area (Å²) in [4.78, 5) is 15.1. The van der Waals surface area contributed by atoms with Crippen molar-refractivity contribution in [1.29, 1.82) is 0 Å². The van der Waals surface area contributed by atoms with Crippen LogP contribution in [0.25, 0.3) is 0 Å². The third-order valence-electron chi connectivity index (χ3n) is 5.26. The zero-order valence-electron chi connectivity index (χ0n) is 14.3. The lowest BCUT2D eigenvalue weighted by molar-refractivity contribution is 0.0938. The first-order chi connectivity index (χ1) is 12.4. The minimum Gasteiger partial charge on any atom is -0.362 e. The van der Waals surface area contributed by atoms with Gasteiger partial charge in [0.15, 0.2) is 0 Å². The predicted octanol–water partition coefficient (Wildman–Crippen LogP) is 3.07. The van der Waals surface area contributed by atoms with E-state index in [0.717, 1.165) is 37.8 Å². The molecule has 0 saturated heterocycles. The number of para-hydroxylation sites is 1. The molecule has 0 radical (unpaired) electrons. The van der Waals surface area contributed by atoms with E-state index in [1.807, 2.05) is 24.3 Å². The zero-order valence-corrected chi connectivity index (χ0v) is 15.1. The van der Waals surface area contributed by atoms with Crippen LogP contribution in [-0.4, -0.2) is 20.0 Å². The molecule has 7 heteroatoms. The van der Waals surface area contributed by atoms with Crippen molar-refractivity contribution in [3.8, 4) is 0 Å². The second-order valence-corrected chi connectivity index (χ2v) is 8.50. The third-order valence-corrected chi connectivity index (χ3v) is 6.19. The summed E-state index contributed by atoms with van der Waals surface area (Å²) in [5.41, 5.74) is 1.68. The van der Waals surface area contributed by atoms with Gasteiger partial charge in [0.25, 0.3) is 5.91 Å². The van der Waals surface area contributed by atoms with Gasteiger partial charge in [0.1, 0.15) is 5.66 Å². The number of fused-ring (bicyclic) bond motifs is 1. The van der Waals surface area contributed by atoms with E-state index in [0.29, 0.717) is 11.3 Å². The largest absolute Gasteiger partial charge is 0.362 e. The molecule has 0 atom stereocenters. The summed E-state index contributed by atoms with van der Waals surface area (Å²) in [7, 11) is -3.76. The van der Waals surface area contributed by atoms with Gasteiger partial charge in [-0.05, 0) is 62.1 Å². The highest BCUT2D eigenvalue weighted by atomic mass is 32.2. The number of rotatable bonds is 2. The summed E-state index contributed by atoms with van der Waals surface area (Å²) in [6.45, 7) is 0. The van der Waals surface area contributed by atoms with Crippen LogP contribution in [0.1, 0.15) is 42.5 Å². The second kappa shape index (κ2) is 6.10. The van der Waals surface area contributed by atoms with Crippen molar-refractivity contribution in [2.45, 2.75) is 42.7 Å². The van der Waals surface area contributed by atoms with E-state index >= 15 is 0 Å². The Morgan fingerprint density at radius 2 is 1.62 bits per heavy atom. The predicted molar refractivity (Wildman–Crippen MR) is 101 cm³/mol. The fourth-order valence-electron chi connectivity index (χ4n) is 4.03. The molecule has 4 rings (SSSR count). The maximum absolute atomic E-state index is 13.3. The van der Waals surface area contributed by atoms with Crippen molar-refractivity contribution < 1.29 is 13.2 Å². The molecule has 1 heterocycles. The Labute approximate surface area is 153 Å². The molecule has 1 fully saturated rings. The van der Waals surface area contributed by atoms with E-state index in [4.69, 9.17) is 5.14 Å². The van der Waals surface area contributed by atoms with Crippen molar-refractivity contribution in [3.05, 3.63) is 54.1 Å². The number of nitrogens with one attached hydrogen (secondary N) is 1. The first kappa shape index (κ1) is 17.1. The molecule has 1 amide bonds. The molecule has 136 valence electrons. The molecule has 2 aromatic rings. The topological polar surface area (TPSA) is 92.5 Å². The molecule has 1 spiro atoms. The van der Waals surface area contributed by atoms with Crippen LogP contribution >= 0.6 is 0 Å². The first-order valence-electron chi connectivity index (χ1n) is 8.75. The molecule has 26 heavy (non-hydrogen) atoms. The minimum atomic E-state index is -3.76. The number of carbonyl (C=O) groups excluding carboxylic acids is 1. The Morgan fingerprint density at radius 1 is 0.962 bits per heavy atom. The molecule has 6 nitrogen and oxygen atoms in total. The van der Waals surface area contributed by atoms with Gasteiger partial charge in [-0.3, -0.25) is 9.69 Å². The SMILES string of the molecule is NS(=O)(=O)c1ccc(N2C(=O)c3ccccc3NC23CCCCC3)cc1. The van der Waals surface area contributed by atoms with Gasteiger partial charge in [0.05, 0.1) is 10.5 Å². The lowest BCUT2D eigenvalue weighted by Gasteiger charge is -2.50. The van der Waals surface area contributed by atoms with E-state index in [1.165, 1.54) is 12.1 Å². The molecular formula is C19H21N3O3S. The number of anilines is 2. The highest BCUT2D eigenvalue weighted by Gasteiger charge is 2.45. The van der Waals surface area contributed by atoms with Crippen molar-refractivity contribution >= 4 is 27.3 Å². The Morgan fingerprint density at radius 3 is 2.27 bits per heavy atom. The number of benzene rings is 2. The molecular weight excluding hydrogens is 350 g/mol. The van der Waals surface area contributed by atoms with Gasteiger partial charge < -0.3 is 5.32 Å². The fourth-order valence-corrected chi connectivity index (χ4v) is 4.55. The summed E-state index contributed by atoms with van der Waals surface area (Å²) in [6.07, 6.45) is 4.92. The quantitative estimate of drug-likeness (QED) is 0.848. The Bertz CT molecular complexity index is 948. The van der Waals surface area contributed by atoms with E-state index in [2.05, 4.69) is 5.32 Å². The Balaban J connectivity index is 1.82. The lowest BCUT2D eigenvalue weighted by atomic mass is 9.84. The zero-order chi connectivity index (χ0) is 18.4. The summed E-state index contributed by atoms with van der Waals surface area (Å²) in [5.74, 6) is -0.0652. The molecule has 2 aromatic carbocycles. The Hall–Kier alpha value is -2.38. The number of hydrogen-bond donors (Lipinski definition) is 2. The average molecular weight is 371 g/mol. The normalized spacial score (nSPS) is 19.1. The van der Waals surface area contributed by atoms with Crippen molar-refractivity contribution in [3.63, 3.8) is 0 Å². The van der Waals surface area contributed by atoms with E-state index < -0.39 is 15.7 Å². The van der Waals surface area contributed by atoms with Gasteiger partial charge in [-0.2, -0.15) is 0 Å². The molecule has 1 aliphatic carbocycles. The van der Waals surface area contributed by atoms with Gasteiger partial charge in [-0.1, -0.05) is 18.6 Å². The number of nitrogens with zero attached hydrogens (tertiary/aromatic N) is 1. The number of sulfonamides is 1. The summed E-state index contributed by atoms with van der Waals surface area (Å²) in [5, 5.41) is 8.79. The van der Waals surface area contributed by atoms with Gasteiger partial charge in [0.2, 0.25) is 10.0 Å².